The molecule has 2 saturated heterocycles. The third-order valence-electron chi connectivity index (χ3n) is 5.07. The number of aromatic nitrogens is 1. The van der Waals surface area contributed by atoms with Gasteiger partial charge in [0.05, 0.1) is 18.9 Å². The second-order valence-electron chi connectivity index (χ2n) is 7.91. The van der Waals surface area contributed by atoms with Gasteiger partial charge >= 0.3 is 0 Å². The van der Waals surface area contributed by atoms with Gasteiger partial charge in [0.2, 0.25) is 5.91 Å². The van der Waals surface area contributed by atoms with E-state index in [2.05, 4.69) is 23.9 Å². The van der Waals surface area contributed by atoms with Crippen molar-refractivity contribution in [3.05, 3.63) is 17.0 Å². The number of amides is 1. The summed E-state index contributed by atoms with van der Waals surface area (Å²) in [6.45, 7) is 13.9. The van der Waals surface area contributed by atoms with E-state index in [0.29, 0.717) is 25.6 Å². The van der Waals surface area contributed by atoms with E-state index >= 15 is 0 Å². The van der Waals surface area contributed by atoms with Crippen LogP contribution in [0, 0.1) is 25.2 Å². The second-order valence-corrected chi connectivity index (χ2v) is 7.91. The van der Waals surface area contributed by atoms with Gasteiger partial charge in [-0.2, -0.15) is 0 Å². The summed E-state index contributed by atoms with van der Waals surface area (Å²) in [4.78, 5) is 16.9. The largest absolute Gasteiger partial charge is 0.379 e. The lowest BCUT2D eigenvalue weighted by Crippen LogP contribution is -2.41. The molecule has 1 aromatic rings. The van der Waals surface area contributed by atoms with Gasteiger partial charge in [0, 0.05) is 50.1 Å². The molecule has 1 atom stereocenters. The minimum atomic E-state index is -0.0819. The number of carbonyl (C=O) groups excluding carboxylic acids is 1. The molecule has 6 heteroatoms. The average molecular weight is 335 g/mol. The molecule has 1 amide bonds. The smallest absolute Gasteiger partial charge is 0.223 e. The predicted molar refractivity (Wildman–Crippen MR) is 90.5 cm³/mol. The topological polar surface area (TPSA) is 58.8 Å². The van der Waals surface area contributed by atoms with Gasteiger partial charge in [-0.15, -0.1) is 0 Å². The summed E-state index contributed by atoms with van der Waals surface area (Å²) < 4.78 is 11.2. The molecule has 0 saturated carbocycles. The molecular formula is C18H29N3O3. The van der Waals surface area contributed by atoms with Crippen molar-refractivity contribution in [3.8, 4) is 0 Å². The Kier molecular flexibility index (Phi) is 4.97. The highest BCUT2D eigenvalue weighted by Crippen LogP contribution is 2.35. The van der Waals surface area contributed by atoms with Crippen molar-refractivity contribution < 1.29 is 14.1 Å². The molecule has 1 spiro atoms. The molecule has 0 radical (unpaired) electrons. The fourth-order valence-corrected chi connectivity index (χ4v) is 3.96. The van der Waals surface area contributed by atoms with Crippen LogP contribution in [0.2, 0.25) is 0 Å². The number of likely N-dealkylation sites (tertiary alicyclic amines) is 1. The number of carbonyl (C=O) groups is 1. The molecule has 3 heterocycles. The Morgan fingerprint density at radius 2 is 2.08 bits per heavy atom. The summed E-state index contributed by atoms with van der Waals surface area (Å²) in [5.74, 6) is 1.65. The standard InChI is InChI=1S/C18H29N3O3/c1-13(2)8-21-11-18(7-17(21)22)10-20(5-6-23-12-18)9-16-14(3)19-24-15(16)4/h13H,5-12H2,1-4H3/t18-/m1/s1. The first kappa shape index (κ1) is 17.4. The van der Waals surface area contributed by atoms with Crippen LogP contribution in [0.25, 0.3) is 0 Å². The second kappa shape index (κ2) is 6.84. The van der Waals surface area contributed by atoms with Crippen molar-refractivity contribution in [3.63, 3.8) is 0 Å². The van der Waals surface area contributed by atoms with Gasteiger partial charge in [-0.3, -0.25) is 9.69 Å². The Hall–Kier alpha value is -1.40. The molecular weight excluding hydrogens is 306 g/mol. The third kappa shape index (κ3) is 3.64. The molecule has 2 aliphatic heterocycles. The van der Waals surface area contributed by atoms with Gasteiger partial charge in [-0.05, 0) is 19.8 Å². The molecule has 0 N–H and O–H groups in total. The van der Waals surface area contributed by atoms with E-state index in [1.807, 2.05) is 18.7 Å². The number of hydrogen-bond donors (Lipinski definition) is 0. The monoisotopic (exact) mass is 335 g/mol. The molecule has 2 fully saturated rings. The maximum atomic E-state index is 12.5. The van der Waals surface area contributed by atoms with E-state index in [-0.39, 0.29) is 11.3 Å². The van der Waals surface area contributed by atoms with Crippen molar-refractivity contribution in [1.29, 1.82) is 0 Å². The summed E-state index contributed by atoms with van der Waals surface area (Å²) in [6.07, 6.45) is 0.595. The average Bonchev–Trinajstić information content (AvgIpc) is 2.88. The van der Waals surface area contributed by atoms with Gasteiger partial charge < -0.3 is 14.2 Å². The van der Waals surface area contributed by atoms with Gasteiger partial charge in [0.25, 0.3) is 0 Å². The van der Waals surface area contributed by atoms with Crippen LogP contribution < -0.4 is 0 Å². The molecule has 2 aliphatic rings. The zero-order valence-corrected chi connectivity index (χ0v) is 15.3. The highest BCUT2D eigenvalue weighted by Gasteiger charge is 2.45. The minimum Gasteiger partial charge on any atom is -0.379 e. The Balaban J connectivity index is 1.72. The third-order valence-corrected chi connectivity index (χ3v) is 5.07. The van der Waals surface area contributed by atoms with E-state index in [1.54, 1.807) is 0 Å². The minimum absolute atomic E-state index is 0.0819. The van der Waals surface area contributed by atoms with Crippen LogP contribution in [0.1, 0.15) is 37.3 Å². The molecule has 0 aliphatic carbocycles. The fourth-order valence-electron chi connectivity index (χ4n) is 3.96. The van der Waals surface area contributed by atoms with Crippen molar-refractivity contribution in [1.82, 2.24) is 15.0 Å². The number of hydrogen-bond acceptors (Lipinski definition) is 5. The van der Waals surface area contributed by atoms with Crippen LogP contribution in [0.3, 0.4) is 0 Å². The molecule has 0 aromatic carbocycles. The molecule has 134 valence electrons. The van der Waals surface area contributed by atoms with Crippen molar-refractivity contribution in [2.75, 3.05) is 39.4 Å². The molecule has 0 bridgehead atoms. The highest BCUT2D eigenvalue weighted by molar-refractivity contribution is 5.79. The molecule has 6 nitrogen and oxygen atoms in total. The summed E-state index contributed by atoms with van der Waals surface area (Å²) in [7, 11) is 0. The SMILES string of the molecule is Cc1noc(C)c1CN1CCOC[C@]2(CC(=O)N(CC(C)C)C2)C1. The van der Waals surface area contributed by atoms with Crippen LogP contribution in [0.5, 0.6) is 0 Å². The molecule has 0 unspecified atom stereocenters. The van der Waals surface area contributed by atoms with Gasteiger partial charge in [-0.25, -0.2) is 0 Å². The number of rotatable bonds is 4. The Bertz CT molecular complexity index is 579. The van der Waals surface area contributed by atoms with Crippen LogP contribution in [0.4, 0.5) is 0 Å². The molecule has 3 rings (SSSR count). The van der Waals surface area contributed by atoms with Gasteiger partial charge in [-0.1, -0.05) is 19.0 Å². The first-order valence-electron chi connectivity index (χ1n) is 8.88. The lowest BCUT2D eigenvalue weighted by molar-refractivity contribution is -0.128. The quantitative estimate of drug-likeness (QED) is 0.842. The lowest BCUT2D eigenvalue weighted by atomic mass is 9.87. The molecule has 1 aromatic heterocycles. The number of nitrogens with zero attached hydrogens (tertiary/aromatic N) is 3. The molecule has 24 heavy (non-hydrogen) atoms. The van der Waals surface area contributed by atoms with Gasteiger partial charge in [0.15, 0.2) is 0 Å². The summed E-state index contributed by atoms with van der Waals surface area (Å²) in [5, 5.41) is 4.06. The van der Waals surface area contributed by atoms with Crippen LogP contribution in [-0.2, 0) is 16.1 Å². The maximum Gasteiger partial charge on any atom is 0.223 e. The Morgan fingerprint density at radius 1 is 1.29 bits per heavy atom. The van der Waals surface area contributed by atoms with Crippen LogP contribution in [-0.4, -0.2) is 60.3 Å². The first-order chi connectivity index (χ1) is 11.4. The van der Waals surface area contributed by atoms with Crippen molar-refractivity contribution in [2.45, 2.75) is 40.7 Å². The first-order valence-corrected chi connectivity index (χ1v) is 8.88. The van der Waals surface area contributed by atoms with E-state index < -0.39 is 0 Å². The van der Waals surface area contributed by atoms with E-state index in [9.17, 15) is 4.79 Å². The van der Waals surface area contributed by atoms with Crippen LogP contribution in [0.15, 0.2) is 4.52 Å². The Labute approximate surface area is 144 Å². The zero-order valence-electron chi connectivity index (χ0n) is 15.3. The highest BCUT2D eigenvalue weighted by atomic mass is 16.5. The maximum absolute atomic E-state index is 12.5. The number of ether oxygens (including phenoxy) is 1. The van der Waals surface area contributed by atoms with E-state index in [4.69, 9.17) is 9.26 Å². The summed E-state index contributed by atoms with van der Waals surface area (Å²) >= 11 is 0. The van der Waals surface area contributed by atoms with Crippen LogP contribution >= 0.6 is 0 Å². The predicted octanol–water partition coefficient (Wildman–Crippen LogP) is 2.00. The Morgan fingerprint density at radius 3 is 2.75 bits per heavy atom. The van der Waals surface area contributed by atoms with Crippen molar-refractivity contribution in [2.24, 2.45) is 11.3 Å². The van der Waals surface area contributed by atoms with Crippen molar-refractivity contribution >= 4 is 5.91 Å². The number of aryl methyl sites for hydroxylation is 2. The lowest BCUT2D eigenvalue weighted by Gasteiger charge is -2.31. The normalized spacial score (nSPS) is 25.9. The van der Waals surface area contributed by atoms with E-state index in [1.165, 1.54) is 0 Å². The zero-order chi connectivity index (χ0) is 17.3. The fraction of sp³-hybridized carbons (Fsp3) is 0.778. The van der Waals surface area contributed by atoms with E-state index in [0.717, 1.165) is 49.7 Å². The van der Waals surface area contributed by atoms with Gasteiger partial charge in [0.1, 0.15) is 5.76 Å². The summed E-state index contributed by atoms with van der Waals surface area (Å²) in [6, 6.07) is 0. The summed E-state index contributed by atoms with van der Waals surface area (Å²) in [5.41, 5.74) is 2.03.